The lowest BCUT2D eigenvalue weighted by molar-refractivity contribution is 0.432. The van der Waals surface area contributed by atoms with E-state index in [1.165, 1.54) is 6.20 Å². The maximum Gasteiger partial charge on any atom is 0.217 e. The van der Waals surface area contributed by atoms with E-state index < -0.39 is 10.0 Å². The first-order valence-electron chi connectivity index (χ1n) is 7.08. The summed E-state index contributed by atoms with van der Waals surface area (Å²) in [6.45, 7) is 2.21. The fourth-order valence-corrected chi connectivity index (χ4v) is 4.45. The van der Waals surface area contributed by atoms with Crippen molar-refractivity contribution < 1.29 is 8.42 Å². The van der Waals surface area contributed by atoms with Crippen LogP contribution in [0.5, 0.6) is 0 Å². The van der Waals surface area contributed by atoms with Crippen molar-refractivity contribution in [3.8, 4) is 6.07 Å². The Bertz CT molecular complexity index is 665. The Morgan fingerprint density at radius 1 is 1.14 bits per heavy atom. The van der Waals surface area contributed by atoms with Gasteiger partial charge in [-0.3, -0.25) is 0 Å². The SMILES string of the molecule is N#Cc1nccnc1N1CCCN(S(=O)(=O)C2CC2)CC1. The van der Waals surface area contributed by atoms with E-state index in [9.17, 15) is 8.42 Å². The van der Waals surface area contributed by atoms with Gasteiger partial charge in [0.2, 0.25) is 10.0 Å². The van der Waals surface area contributed by atoms with E-state index in [0.29, 0.717) is 32.0 Å². The van der Waals surface area contributed by atoms with Crippen molar-refractivity contribution >= 4 is 15.8 Å². The molecule has 21 heavy (non-hydrogen) atoms. The van der Waals surface area contributed by atoms with Crippen LogP contribution >= 0.6 is 0 Å². The van der Waals surface area contributed by atoms with Gasteiger partial charge in [-0.2, -0.15) is 9.57 Å². The van der Waals surface area contributed by atoms with Crippen molar-refractivity contribution in [2.24, 2.45) is 0 Å². The molecule has 3 rings (SSSR count). The molecule has 112 valence electrons. The molecule has 0 amide bonds. The second kappa shape index (κ2) is 5.58. The summed E-state index contributed by atoms with van der Waals surface area (Å²) in [6.07, 6.45) is 5.34. The van der Waals surface area contributed by atoms with Gasteiger partial charge in [0.05, 0.1) is 5.25 Å². The van der Waals surface area contributed by atoms with Crippen molar-refractivity contribution in [3.05, 3.63) is 18.1 Å². The van der Waals surface area contributed by atoms with Gasteiger partial charge in [0.15, 0.2) is 11.5 Å². The van der Waals surface area contributed by atoms with Crippen LogP contribution in [0.2, 0.25) is 0 Å². The summed E-state index contributed by atoms with van der Waals surface area (Å²) >= 11 is 0. The Kier molecular flexibility index (Phi) is 3.78. The first kappa shape index (κ1) is 14.2. The van der Waals surface area contributed by atoms with Crippen LogP contribution in [-0.2, 0) is 10.0 Å². The van der Waals surface area contributed by atoms with Gasteiger partial charge in [-0.15, -0.1) is 0 Å². The molecular formula is C13H17N5O2S. The highest BCUT2D eigenvalue weighted by atomic mass is 32.2. The van der Waals surface area contributed by atoms with Gasteiger partial charge >= 0.3 is 0 Å². The van der Waals surface area contributed by atoms with Crippen molar-refractivity contribution in [2.45, 2.75) is 24.5 Å². The third kappa shape index (κ3) is 2.84. The van der Waals surface area contributed by atoms with Gasteiger partial charge in [0.1, 0.15) is 6.07 Å². The zero-order chi connectivity index (χ0) is 14.9. The maximum absolute atomic E-state index is 12.3. The second-order valence-electron chi connectivity index (χ2n) is 5.32. The molecule has 0 bridgehead atoms. The monoisotopic (exact) mass is 307 g/mol. The molecule has 0 unspecified atom stereocenters. The number of hydrogen-bond acceptors (Lipinski definition) is 6. The number of sulfonamides is 1. The van der Waals surface area contributed by atoms with E-state index in [1.807, 2.05) is 11.0 Å². The standard InChI is InChI=1S/C13H17N5O2S/c14-10-12-13(16-5-4-15-12)17-6-1-7-18(9-8-17)21(19,20)11-2-3-11/h4-5,11H,1-3,6-9H2. The van der Waals surface area contributed by atoms with Gasteiger partial charge in [-0.25, -0.2) is 18.4 Å². The molecule has 8 heteroatoms. The van der Waals surface area contributed by atoms with Gasteiger partial charge in [-0.1, -0.05) is 0 Å². The molecule has 1 saturated heterocycles. The highest BCUT2D eigenvalue weighted by Gasteiger charge is 2.40. The van der Waals surface area contributed by atoms with Crippen LogP contribution in [-0.4, -0.2) is 54.1 Å². The first-order chi connectivity index (χ1) is 10.1. The lowest BCUT2D eigenvalue weighted by Crippen LogP contribution is -2.37. The molecule has 1 saturated carbocycles. The van der Waals surface area contributed by atoms with Gasteiger partial charge in [-0.05, 0) is 19.3 Å². The quantitative estimate of drug-likeness (QED) is 0.800. The lowest BCUT2D eigenvalue weighted by atomic mass is 10.3. The third-order valence-electron chi connectivity index (χ3n) is 3.84. The summed E-state index contributed by atoms with van der Waals surface area (Å²) in [4.78, 5) is 10.2. The minimum Gasteiger partial charge on any atom is -0.353 e. The number of rotatable bonds is 3. The van der Waals surface area contributed by atoms with Gasteiger partial charge in [0.25, 0.3) is 0 Å². The van der Waals surface area contributed by atoms with Crippen molar-refractivity contribution in [1.29, 1.82) is 5.26 Å². The Labute approximate surface area is 124 Å². The third-order valence-corrected chi connectivity index (χ3v) is 6.24. The number of hydrogen-bond donors (Lipinski definition) is 0. The average molecular weight is 307 g/mol. The van der Waals surface area contributed by atoms with Crippen LogP contribution < -0.4 is 4.90 Å². The summed E-state index contributed by atoms with van der Waals surface area (Å²) < 4.78 is 26.2. The molecular weight excluding hydrogens is 290 g/mol. The fraction of sp³-hybridized carbons (Fsp3) is 0.615. The van der Waals surface area contributed by atoms with Crippen LogP contribution in [0.1, 0.15) is 25.0 Å². The molecule has 2 aliphatic rings. The molecule has 0 atom stereocenters. The Balaban J connectivity index is 1.76. The molecule has 0 aromatic carbocycles. The van der Waals surface area contributed by atoms with E-state index in [4.69, 9.17) is 5.26 Å². The van der Waals surface area contributed by atoms with Crippen molar-refractivity contribution in [3.63, 3.8) is 0 Å². The minimum atomic E-state index is -3.13. The summed E-state index contributed by atoms with van der Waals surface area (Å²) in [5.41, 5.74) is 0.288. The summed E-state index contributed by atoms with van der Waals surface area (Å²) in [5, 5.41) is 8.93. The molecule has 2 heterocycles. The molecule has 7 nitrogen and oxygen atoms in total. The summed E-state index contributed by atoms with van der Waals surface area (Å²) in [5.74, 6) is 0.547. The summed E-state index contributed by atoms with van der Waals surface area (Å²) in [6, 6.07) is 2.04. The first-order valence-corrected chi connectivity index (χ1v) is 8.58. The lowest BCUT2D eigenvalue weighted by Gasteiger charge is -2.22. The van der Waals surface area contributed by atoms with E-state index in [0.717, 1.165) is 19.3 Å². The molecule has 0 spiro atoms. The largest absolute Gasteiger partial charge is 0.353 e. The van der Waals surface area contributed by atoms with Gasteiger partial charge in [0, 0.05) is 38.6 Å². The van der Waals surface area contributed by atoms with E-state index in [1.54, 1.807) is 10.5 Å². The van der Waals surface area contributed by atoms with Crippen LogP contribution in [0.3, 0.4) is 0 Å². The van der Waals surface area contributed by atoms with E-state index in [2.05, 4.69) is 9.97 Å². The minimum absolute atomic E-state index is 0.171. The van der Waals surface area contributed by atoms with E-state index >= 15 is 0 Å². The van der Waals surface area contributed by atoms with Crippen LogP contribution in [0.15, 0.2) is 12.4 Å². The molecule has 2 fully saturated rings. The average Bonchev–Trinajstić information content (AvgIpc) is 3.33. The number of nitrogens with zero attached hydrogens (tertiary/aromatic N) is 5. The Hall–Kier alpha value is -1.72. The molecule has 1 aliphatic heterocycles. The maximum atomic E-state index is 12.3. The normalized spacial score (nSPS) is 20.8. The zero-order valence-electron chi connectivity index (χ0n) is 11.6. The zero-order valence-corrected chi connectivity index (χ0v) is 12.5. The molecule has 1 aromatic rings. The molecule has 0 radical (unpaired) electrons. The highest BCUT2D eigenvalue weighted by molar-refractivity contribution is 7.90. The molecule has 1 aliphatic carbocycles. The Morgan fingerprint density at radius 2 is 1.90 bits per heavy atom. The smallest absolute Gasteiger partial charge is 0.217 e. The second-order valence-corrected chi connectivity index (χ2v) is 7.54. The predicted octanol–water partition coefficient (Wildman–Crippen LogP) is 0.353. The topological polar surface area (TPSA) is 90.2 Å². The van der Waals surface area contributed by atoms with Crippen molar-refractivity contribution in [1.82, 2.24) is 14.3 Å². The van der Waals surface area contributed by atoms with E-state index in [-0.39, 0.29) is 10.9 Å². The van der Waals surface area contributed by atoms with Crippen LogP contribution in [0.25, 0.3) is 0 Å². The molecule has 1 aromatic heterocycles. The Morgan fingerprint density at radius 3 is 2.62 bits per heavy atom. The number of anilines is 1. The number of nitriles is 1. The van der Waals surface area contributed by atoms with Crippen LogP contribution in [0.4, 0.5) is 5.82 Å². The van der Waals surface area contributed by atoms with Crippen molar-refractivity contribution in [2.75, 3.05) is 31.1 Å². The summed E-state index contributed by atoms with van der Waals surface area (Å²) in [7, 11) is -3.13. The van der Waals surface area contributed by atoms with Crippen LogP contribution in [0, 0.1) is 11.3 Å². The number of aromatic nitrogens is 2. The van der Waals surface area contributed by atoms with Gasteiger partial charge < -0.3 is 4.90 Å². The fourth-order valence-electron chi connectivity index (χ4n) is 2.58. The molecule has 0 N–H and O–H groups in total. The predicted molar refractivity (Wildman–Crippen MR) is 77.1 cm³/mol. The highest BCUT2D eigenvalue weighted by Crippen LogP contribution is 2.31.